The SMILES string of the molecule is CC(CC1CC1)NCCS(C)=O. The summed E-state index contributed by atoms with van der Waals surface area (Å²) < 4.78 is 10.7. The fourth-order valence-electron chi connectivity index (χ4n) is 1.39. The zero-order valence-electron chi connectivity index (χ0n) is 8.01. The van der Waals surface area contributed by atoms with Crippen LogP contribution in [-0.4, -0.2) is 28.8 Å². The van der Waals surface area contributed by atoms with Crippen molar-refractivity contribution in [3.63, 3.8) is 0 Å². The van der Waals surface area contributed by atoms with E-state index >= 15 is 0 Å². The highest BCUT2D eigenvalue weighted by atomic mass is 32.2. The van der Waals surface area contributed by atoms with Crippen molar-refractivity contribution in [2.45, 2.75) is 32.2 Å². The lowest BCUT2D eigenvalue weighted by atomic mass is 10.2. The Kier molecular flexibility index (Phi) is 4.22. The van der Waals surface area contributed by atoms with E-state index in [-0.39, 0.29) is 0 Å². The first-order chi connectivity index (χ1) is 5.68. The summed E-state index contributed by atoms with van der Waals surface area (Å²) in [7, 11) is -0.642. The van der Waals surface area contributed by atoms with Crippen molar-refractivity contribution < 1.29 is 4.21 Å². The summed E-state index contributed by atoms with van der Waals surface area (Å²) in [6.45, 7) is 3.12. The van der Waals surface area contributed by atoms with Crippen LogP contribution < -0.4 is 5.32 Å². The van der Waals surface area contributed by atoms with E-state index in [1.165, 1.54) is 19.3 Å². The molecule has 0 aromatic carbocycles. The second-order valence-electron chi connectivity index (χ2n) is 3.81. The number of hydrogen-bond acceptors (Lipinski definition) is 2. The van der Waals surface area contributed by atoms with Gasteiger partial charge in [0.15, 0.2) is 0 Å². The van der Waals surface area contributed by atoms with Crippen LogP contribution >= 0.6 is 0 Å². The first kappa shape index (κ1) is 10.2. The highest BCUT2D eigenvalue weighted by molar-refractivity contribution is 7.84. The molecule has 1 fully saturated rings. The third-order valence-corrected chi connectivity index (χ3v) is 3.05. The smallest absolute Gasteiger partial charge is 0.0357 e. The van der Waals surface area contributed by atoms with Gasteiger partial charge in [0.1, 0.15) is 0 Å². The number of hydrogen-bond donors (Lipinski definition) is 1. The van der Waals surface area contributed by atoms with Crippen molar-refractivity contribution in [1.82, 2.24) is 5.32 Å². The first-order valence-electron chi connectivity index (χ1n) is 4.72. The lowest BCUT2D eigenvalue weighted by molar-refractivity contribution is 0.502. The molecule has 0 amide bonds. The van der Waals surface area contributed by atoms with Crippen LogP contribution in [0, 0.1) is 5.92 Å². The maximum Gasteiger partial charge on any atom is 0.0357 e. The third-order valence-electron chi connectivity index (χ3n) is 2.27. The van der Waals surface area contributed by atoms with Crippen molar-refractivity contribution >= 4 is 10.8 Å². The highest BCUT2D eigenvalue weighted by Gasteiger charge is 2.22. The fourth-order valence-corrected chi connectivity index (χ4v) is 1.79. The quantitative estimate of drug-likeness (QED) is 0.679. The predicted molar refractivity (Wildman–Crippen MR) is 53.7 cm³/mol. The van der Waals surface area contributed by atoms with E-state index in [2.05, 4.69) is 12.2 Å². The van der Waals surface area contributed by atoms with Crippen molar-refractivity contribution in [2.75, 3.05) is 18.6 Å². The zero-order chi connectivity index (χ0) is 8.97. The molecule has 1 aliphatic rings. The molecule has 1 aliphatic carbocycles. The molecular formula is C9H19NOS. The van der Waals surface area contributed by atoms with E-state index in [0.717, 1.165) is 18.2 Å². The Hall–Kier alpha value is 0.110. The molecule has 1 saturated carbocycles. The Balaban J connectivity index is 1.93. The average Bonchev–Trinajstić information content (AvgIpc) is 2.70. The Morgan fingerprint density at radius 1 is 1.58 bits per heavy atom. The van der Waals surface area contributed by atoms with Crippen LogP contribution in [0.25, 0.3) is 0 Å². The van der Waals surface area contributed by atoms with Gasteiger partial charge in [-0.15, -0.1) is 0 Å². The lowest BCUT2D eigenvalue weighted by Gasteiger charge is -2.11. The molecule has 12 heavy (non-hydrogen) atoms. The Morgan fingerprint density at radius 2 is 2.25 bits per heavy atom. The molecule has 0 saturated heterocycles. The summed E-state index contributed by atoms with van der Waals surface area (Å²) in [6.07, 6.45) is 5.90. The van der Waals surface area contributed by atoms with Crippen molar-refractivity contribution in [2.24, 2.45) is 5.92 Å². The van der Waals surface area contributed by atoms with Gasteiger partial charge in [-0.25, -0.2) is 0 Å². The maximum atomic E-state index is 10.7. The van der Waals surface area contributed by atoms with E-state index in [4.69, 9.17) is 0 Å². The highest BCUT2D eigenvalue weighted by Crippen LogP contribution is 2.33. The normalized spacial score (nSPS) is 22.2. The molecule has 2 unspecified atom stereocenters. The molecule has 3 heteroatoms. The minimum atomic E-state index is -0.642. The summed E-state index contributed by atoms with van der Waals surface area (Å²) in [5.41, 5.74) is 0. The topological polar surface area (TPSA) is 29.1 Å². The van der Waals surface area contributed by atoms with Crippen molar-refractivity contribution in [3.8, 4) is 0 Å². The van der Waals surface area contributed by atoms with E-state index in [9.17, 15) is 4.21 Å². The monoisotopic (exact) mass is 189 g/mol. The summed E-state index contributed by atoms with van der Waals surface area (Å²) >= 11 is 0. The number of nitrogens with one attached hydrogen (secondary N) is 1. The van der Waals surface area contributed by atoms with E-state index < -0.39 is 10.8 Å². The van der Waals surface area contributed by atoms with Gasteiger partial charge in [-0.05, 0) is 19.3 Å². The minimum absolute atomic E-state index is 0.612. The van der Waals surface area contributed by atoms with Gasteiger partial charge in [0.25, 0.3) is 0 Å². The fraction of sp³-hybridized carbons (Fsp3) is 1.00. The van der Waals surface area contributed by atoms with Gasteiger partial charge in [0.2, 0.25) is 0 Å². The molecule has 0 aromatic heterocycles. The van der Waals surface area contributed by atoms with E-state index in [0.29, 0.717) is 6.04 Å². The number of rotatable bonds is 6. The second-order valence-corrected chi connectivity index (χ2v) is 5.37. The third kappa shape index (κ3) is 4.88. The molecule has 1 N–H and O–H groups in total. The summed E-state index contributed by atoms with van der Waals surface area (Å²) in [5, 5.41) is 3.39. The Morgan fingerprint density at radius 3 is 2.75 bits per heavy atom. The standard InChI is InChI=1S/C9H19NOS/c1-8(7-9-3-4-9)10-5-6-12(2)11/h8-10H,3-7H2,1-2H3. The molecular weight excluding hydrogens is 170 g/mol. The van der Waals surface area contributed by atoms with Gasteiger partial charge in [0, 0.05) is 35.4 Å². The largest absolute Gasteiger partial charge is 0.313 e. The van der Waals surface area contributed by atoms with Crippen molar-refractivity contribution in [3.05, 3.63) is 0 Å². The van der Waals surface area contributed by atoms with Gasteiger partial charge < -0.3 is 5.32 Å². The predicted octanol–water partition coefficient (Wildman–Crippen LogP) is 1.14. The van der Waals surface area contributed by atoms with Crippen LogP contribution in [0.1, 0.15) is 26.2 Å². The summed E-state index contributed by atoms with van der Waals surface area (Å²) in [5.74, 6) is 1.77. The molecule has 0 aromatic rings. The van der Waals surface area contributed by atoms with Crippen LogP contribution in [0.2, 0.25) is 0 Å². The van der Waals surface area contributed by atoms with Crippen LogP contribution in [0.5, 0.6) is 0 Å². The average molecular weight is 189 g/mol. The first-order valence-corrected chi connectivity index (χ1v) is 6.44. The molecule has 0 heterocycles. The molecule has 72 valence electrons. The lowest BCUT2D eigenvalue weighted by Crippen LogP contribution is -2.30. The Bertz CT molecular complexity index is 157. The van der Waals surface area contributed by atoms with Crippen LogP contribution in [-0.2, 0) is 10.8 Å². The van der Waals surface area contributed by atoms with Gasteiger partial charge in [-0.3, -0.25) is 4.21 Å². The van der Waals surface area contributed by atoms with Crippen LogP contribution in [0.3, 0.4) is 0 Å². The van der Waals surface area contributed by atoms with Crippen LogP contribution in [0.4, 0.5) is 0 Å². The molecule has 2 nitrogen and oxygen atoms in total. The van der Waals surface area contributed by atoms with E-state index in [1.807, 2.05) is 0 Å². The van der Waals surface area contributed by atoms with Gasteiger partial charge in [-0.2, -0.15) is 0 Å². The van der Waals surface area contributed by atoms with Gasteiger partial charge >= 0.3 is 0 Å². The second kappa shape index (κ2) is 4.97. The van der Waals surface area contributed by atoms with Crippen molar-refractivity contribution in [1.29, 1.82) is 0 Å². The molecule has 1 rings (SSSR count). The molecule has 0 radical (unpaired) electrons. The van der Waals surface area contributed by atoms with E-state index in [1.54, 1.807) is 6.26 Å². The molecule has 2 atom stereocenters. The Labute approximate surface area is 77.6 Å². The minimum Gasteiger partial charge on any atom is -0.313 e. The molecule has 0 spiro atoms. The van der Waals surface area contributed by atoms with Gasteiger partial charge in [0.05, 0.1) is 0 Å². The molecule has 0 bridgehead atoms. The summed E-state index contributed by atoms with van der Waals surface area (Å²) in [4.78, 5) is 0. The molecule has 0 aliphatic heterocycles. The van der Waals surface area contributed by atoms with Gasteiger partial charge in [-0.1, -0.05) is 12.8 Å². The maximum absolute atomic E-state index is 10.7. The van der Waals surface area contributed by atoms with Crippen LogP contribution in [0.15, 0.2) is 0 Å². The summed E-state index contributed by atoms with van der Waals surface area (Å²) in [6, 6.07) is 0.612. The zero-order valence-corrected chi connectivity index (χ0v) is 8.82.